The van der Waals surface area contributed by atoms with E-state index in [1.165, 1.54) is 0 Å². The van der Waals surface area contributed by atoms with Crippen molar-refractivity contribution in [1.82, 2.24) is 0 Å². The maximum atomic E-state index is 5.65. The standard InChI is InChI=1S/C6H16N2.2BrH.Cu/c1-5(2)6(8)3-4-7;;;/h5-6H,3-4,7-8H2,1-2H3;2*1H;/q;;;+2/p-2. The summed E-state index contributed by atoms with van der Waals surface area (Å²) in [6.07, 6.45) is 0.942. The summed E-state index contributed by atoms with van der Waals surface area (Å²) >= 11 is 0. The Morgan fingerprint density at radius 2 is 1.55 bits per heavy atom. The number of rotatable bonds is 3. The minimum atomic E-state index is 0. The van der Waals surface area contributed by atoms with Gasteiger partial charge in [-0.2, -0.15) is 0 Å². The molecule has 0 aliphatic rings. The fourth-order valence-electron chi connectivity index (χ4n) is 0.526. The van der Waals surface area contributed by atoms with Gasteiger partial charge in [-0.15, -0.1) is 0 Å². The first kappa shape index (κ1) is 22.8. The third-order valence-corrected chi connectivity index (χ3v) is 1.36. The molecule has 1 atom stereocenters. The van der Waals surface area contributed by atoms with E-state index in [4.69, 9.17) is 11.5 Å². The molecule has 4 N–H and O–H groups in total. The number of hydrogen-bond donors (Lipinski definition) is 2. The van der Waals surface area contributed by atoms with Crippen LogP contribution in [0.3, 0.4) is 0 Å². The van der Waals surface area contributed by atoms with Crippen molar-refractivity contribution < 1.29 is 51.0 Å². The average Bonchev–Trinajstić information content (AvgIpc) is 1.67. The van der Waals surface area contributed by atoms with Crippen LogP contribution in [0.25, 0.3) is 0 Å². The molecular weight excluding hydrogens is 323 g/mol. The Hall–Kier alpha value is 1.40. The SMILES string of the molecule is CC(C)C(N)CCN.[Br-].[Br-].[Cu+2]. The van der Waals surface area contributed by atoms with Gasteiger partial charge in [-0.3, -0.25) is 0 Å². The van der Waals surface area contributed by atoms with Crippen molar-refractivity contribution in [3.05, 3.63) is 0 Å². The zero-order chi connectivity index (χ0) is 6.57. The van der Waals surface area contributed by atoms with E-state index in [0.29, 0.717) is 18.5 Å². The Morgan fingerprint density at radius 3 is 1.64 bits per heavy atom. The van der Waals surface area contributed by atoms with Gasteiger partial charge in [-0.1, -0.05) is 13.8 Å². The van der Waals surface area contributed by atoms with Crippen molar-refractivity contribution in [3.8, 4) is 0 Å². The monoisotopic (exact) mass is 337 g/mol. The van der Waals surface area contributed by atoms with Crippen molar-refractivity contribution in [2.45, 2.75) is 26.3 Å². The minimum Gasteiger partial charge on any atom is -1.00 e. The molecule has 0 rings (SSSR count). The van der Waals surface area contributed by atoms with Crippen LogP contribution in [0.5, 0.6) is 0 Å². The molecule has 1 radical (unpaired) electrons. The van der Waals surface area contributed by atoms with E-state index in [1.54, 1.807) is 0 Å². The van der Waals surface area contributed by atoms with Gasteiger partial charge in [0, 0.05) is 6.04 Å². The quantitative estimate of drug-likeness (QED) is 0.504. The number of hydrogen-bond acceptors (Lipinski definition) is 2. The van der Waals surface area contributed by atoms with Crippen LogP contribution in [-0.2, 0) is 17.1 Å². The molecule has 0 saturated carbocycles. The Morgan fingerprint density at radius 1 is 1.18 bits per heavy atom. The third-order valence-electron chi connectivity index (χ3n) is 1.36. The molecule has 11 heavy (non-hydrogen) atoms. The molecule has 0 spiro atoms. The first-order valence-electron chi connectivity index (χ1n) is 3.14. The Balaban J connectivity index is -0.0000000817. The maximum absolute atomic E-state index is 5.65. The number of nitrogens with two attached hydrogens (primary N) is 2. The van der Waals surface area contributed by atoms with Gasteiger partial charge >= 0.3 is 17.1 Å². The van der Waals surface area contributed by atoms with Crippen molar-refractivity contribution in [2.24, 2.45) is 17.4 Å². The van der Waals surface area contributed by atoms with E-state index in [1.807, 2.05) is 0 Å². The molecule has 0 aliphatic heterocycles. The summed E-state index contributed by atoms with van der Waals surface area (Å²) in [5, 5.41) is 0. The molecule has 0 fully saturated rings. The molecule has 0 aromatic rings. The van der Waals surface area contributed by atoms with Gasteiger partial charge in [0.1, 0.15) is 0 Å². The minimum absolute atomic E-state index is 0. The summed E-state index contributed by atoms with van der Waals surface area (Å²) in [5.74, 6) is 0.568. The molecule has 0 saturated heterocycles. The van der Waals surface area contributed by atoms with E-state index < -0.39 is 0 Å². The first-order valence-corrected chi connectivity index (χ1v) is 3.14. The van der Waals surface area contributed by atoms with E-state index in [2.05, 4.69) is 13.8 Å². The molecule has 2 nitrogen and oxygen atoms in total. The van der Waals surface area contributed by atoms with Gasteiger partial charge in [-0.05, 0) is 18.9 Å². The van der Waals surface area contributed by atoms with Crippen LogP contribution in [0.4, 0.5) is 0 Å². The summed E-state index contributed by atoms with van der Waals surface area (Å²) in [4.78, 5) is 0. The predicted octanol–water partition coefficient (Wildman–Crippen LogP) is -5.68. The molecular formula is C6H16Br2CuN2. The van der Waals surface area contributed by atoms with Crippen molar-refractivity contribution in [1.29, 1.82) is 0 Å². The van der Waals surface area contributed by atoms with Crippen LogP contribution < -0.4 is 45.4 Å². The fraction of sp³-hybridized carbons (Fsp3) is 1.00. The Kier molecular flexibility index (Phi) is 29.0. The van der Waals surface area contributed by atoms with Gasteiger partial charge in [0.05, 0.1) is 0 Å². The summed E-state index contributed by atoms with van der Waals surface area (Å²) in [7, 11) is 0. The maximum Gasteiger partial charge on any atom is 2.00 e. The van der Waals surface area contributed by atoms with E-state index in [-0.39, 0.29) is 51.0 Å². The van der Waals surface area contributed by atoms with E-state index >= 15 is 0 Å². The Bertz CT molecular complexity index is 64.5. The average molecular weight is 340 g/mol. The molecule has 1 unspecified atom stereocenters. The molecule has 75 valence electrons. The summed E-state index contributed by atoms with van der Waals surface area (Å²) in [6, 6.07) is 0.292. The summed E-state index contributed by atoms with van der Waals surface area (Å²) < 4.78 is 0. The normalized spacial score (nSPS) is 10.6. The molecule has 0 aromatic heterocycles. The van der Waals surface area contributed by atoms with E-state index in [9.17, 15) is 0 Å². The zero-order valence-electron chi connectivity index (χ0n) is 6.78. The second-order valence-corrected chi connectivity index (χ2v) is 2.49. The second-order valence-electron chi connectivity index (χ2n) is 2.49. The molecule has 0 heterocycles. The third kappa shape index (κ3) is 14.3. The van der Waals surface area contributed by atoms with Crippen molar-refractivity contribution >= 4 is 0 Å². The van der Waals surface area contributed by atoms with Crippen LogP contribution in [0, 0.1) is 5.92 Å². The van der Waals surface area contributed by atoms with Crippen LogP contribution >= 0.6 is 0 Å². The smallest absolute Gasteiger partial charge is 1.00 e. The van der Waals surface area contributed by atoms with Gasteiger partial charge in [0.25, 0.3) is 0 Å². The second kappa shape index (κ2) is 14.0. The van der Waals surface area contributed by atoms with Gasteiger partial charge < -0.3 is 45.4 Å². The summed E-state index contributed by atoms with van der Waals surface area (Å²) in [6.45, 7) is 4.93. The van der Waals surface area contributed by atoms with Crippen LogP contribution in [0.1, 0.15) is 20.3 Å². The Labute approximate surface area is 101 Å². The van der Waals surface area contributed by atoms with Crippen LogP contribution in [0.15, 0.2) is 0 Å². The van der Waals surface area contributed by atoms with Crippen LogP contribution in [-0.4, -0.2) is 12.6 Å². The zero-order valence-corrected chi connectivity index (χ0v) is 10.9. The van der Waals surface area contributed by atoms with Gasteiger partial charge in [0.2, 0.25) is 0 Å². The molecule has 0 bridgehead atoms. The predicted molar refractivity (Wildman–Crippen MR) is 36.5 cm³/mol. The molecule has 0 amide bonds. The van der Waals surface area contributed by atoms with Gasteiger partial charge in [-0.25, -0.2) is 0 Å². The van der Waals surface area contributed by atoms with Gasteiger partial charge in [0.15, 0.2) is 0 Å². The summed E-state index contributed by atoms with van der Waals surface area (Å²) in [5.41, 5.74) is 10.9. The van der Waals surface area contributed by atoms with E-state index in [0.717, 1.165) is 6.42 Å². The molecule has 0 aliphatic carbocycles. The van der Waals surface area contributed by atoms with Crippen molar-refractivity contribution in [3.63, 3.8) is 0 Å². The first-order chi connectivity index (χ1) is 3.68. The number of halogens is 2. The van der Waals surface area contributed by atoms with Crippen LogP contribution in [0.2, 0.25) is 0 Å². The largest absolute Gasteiger partial charge is 2.00 e. The molecule has 0 aromatic carbocycles. The molecule has 5 heteroatoms. The van der Waals surface area contributed by atoms with Crippen molar-refractivity contribution in [2.75, 3.05) is 6.54 Å². The topological polar surface area (TPSA) is 52.0 Å². The fourth-order valence-corrected chi connectivity index (χ4v) is 0.526.